The van der Waals surface area contributed by atoms with Crippen molar-refractivity contribution in [3.8, 4) is 5.75 Å². The fourth-order valence-corrected chi connectivity index (χ4v) is 3.60. The third-order valence-corrected chi connectivity index (χ3v) is 5.09. The summed E-state index contributed by atoms with van der Waals surface area (Å²) in [4.78, 5) is 2.36. The number of nitrogens with zero attached hydrogens (tertiary/aromatic N) is 1. The minimum Gasteiger partial charge on any atom is -0.497 e. The van der Waals surface area contributed by atoms with Gasteiger partial charge in [0.2, 0.25) is 0 Å². The van der Waals surface area contributed by atoms with Crippen LogP contribution in [0, 0.1) is 5.92 Å². The maximum atomic E-state index is 11.2. The molecule has 2 aliphatic rings. The molecule has 0 radical (unpaired) electrons. The average Bonchev–Trinajstić information content (AvgIpc) is 2.92. The summed E-state index contributed by atoms with van der Waals surface area (Å²) in [6.45, 7) is 4.09. The molecule has 3 rings (SSSR count). The highest BCUT2D eigenvalue weighted by molar-refractivity contribution is 5.32. The number of ether oxygens (including phenoxy) is 1. The summed E-state index contributed by atoms with van der Waals surface area (Å²) in [7, 11) is 1.65. The van der Waals surface area contributed by atoms with Crippen molar-refractivity contribution in [2.24, 2.45) is 5.92 Å². The van der Waals surface area contributed by atoms with Crippen LogP contribution in [0.1, 0.15) is 18.4 Å². The zero-order valence-corrected chi connectivity index (χ0v) is 13.2. The van der Waals surface area contributed by atoms with E-state index in [1.807, 2.05) is 24.3 Å². The fourth-order valence-electron chi connectivity index (χ4n) is 3.60. The van der Waals surface area contributed by atoms with Crippen LogP contribution in [-0.2, 0) is 5.60 Å². The first kappa shape index (κ1) is 15.7. The fraction of sp³-hybridized carbons (Fsp3) is 0.647. The lowest BCUT2D eigenvalue weighted by Gasteiger charge is -2.36. The molecule has 0 aromatic heterocycles. The number of likely N-dealkylation sites (tertiary alicyclic amines) is 1. The molecule has 1 aromatic carbocycles. The SMILES string of the molecule is COc1ccc([C@@]2(O)CNC[C@H]2CN2CCC(O)CC2)cc1. The van der Waals surface area contributed by atoms with Crippen molar-refractivity contribution in [3.63, 3.8) is 0 Å². The maximum Gasteiger partial charge on any atom is 0.118 e. The van der Waals surface area contributed by atoms with Gasteiger partial charge in [-0.15, -0.1) is 0 Å². The van der Waals surface area contributed by atoms with Crippen LogP contribution in [0.5, 0.6) is 5.75 Å². The Hall–Kier alpha value is -1.14. The topological polar surface area (TPSA) is 65.0 Å². The van der Waals surface area contributed by atoms with Crippen molar-refractivity contribution in [3.05, 3.63) is 29.8 Å². The predicted octanol–water partition coefficient (Wildman–Crippen LogP) is 0.559. The molecule has 3 N–H and O–H groups in total. The van der Waals surface area contributed by atoms with Gasteiger partial charge in [0.1, 0.15) is 11.4 Å². The van der Waals surface area contributed by atoms with E-state index in [0.29, 0.717) is 6.54 Å². The number of nitrogens with one attached hydrogen (secondary N) is 1. The van der Waals surface area contributed by atoms with E-state index in [0.717, 1.165) is 50.3 Å². The number of aliphatic hydroxyl groups is 2. The van der Waals surface area contributed by atoms with Crippen LogP contribution in [-0.4, -0.2) is 61.1 Å². The van der Waals surface area contributed by atoms with E-state index >= 15 is 0 Å². The van der Waals surface area contributed by atoms with Crippen LogP contribution in [0.15, 0.2) is 24.3 Å². The molecule has 2 saturated heterocycles. The standard InChI is InChI=1S/C17H26N2O3/c1-22-16-4-2-13(3-5-16)17(21)12-18-10-14(17)11-19-8-6-15(20)7-9-19/h2-5,14-15,18,20-21H,6-12H2,1H3/t14-,17-/m0/s1. The maximum absolute atomic E-state index is 11.2. The van der Waals surface area contributed by atoms with E-state index < -0.39 is 5.60 Å². The summed E-state index contributed by atoms with van der Waals surface area (Å²) in [5.74, 6) is 0.969. The largest absolute Gasteiger partial charge is 0.497 e. The van der Waals surface area contributed by atoms with Gasteiger partial charge < -0.3 is 25.2 Å². The monoisotopic (exact) mass is 306 g/mol. The molecule has 0 unspecified atom stereocenters. The van der Waals surface area contributed by atoms with Gasteiger partial charge in [0.25, 0.3) is 0 Å². The molecule has 5 heteroatoms. The Labute approximate surface area is 131 Å². The lowest BCUT2D eigenvalue weighted by molar-refractivity contribution is -0.0101. The normalized spacial score (nSPS) is 30.6. The third kappa shape index (κ3) is 3.13. The van der Waals surface area contributed by atoms with E-state index in [-0.39, 0.29) is 12.0 Å². The summed E-state index contributed by atoms with van der Waals surface area (Å²) < 4.78 is 5.19. The molecule has 0 aliphatic carbocycles. The molecule has 1 aromatic rings. The Morgan fingerprint density at radius 1 is 1.27 bits per heavy atom. The molecular weight excluding hydrogens is 280 g/mol. The molecule has 22 heavy (non-hydrogen) atoms. The summed E-state index contributed by atoms with van der Waals surface area (Å²) in [6.07, 6.45) is 1.51. The number of aliphatic hydroxyl groups excluding tert-OH is 1. The van der Waals surface area contributed by atoms with Crippen LogP contribution < -0.4 is 10.1 Å². The number of rotatable bonds is 4. The Bertz CT molecular complexity index is 485. The van der Waals surface area contributed by atoms with Gasteiger partial charge in [-0.25, -0.2) is 0 Å². The molecule has 2 fully saturated rings. The van der Waals surface area contributed by atoms with Crippen molar-refractivity contribution in [2.45, 2.75) is 24.5 Å². The smallest absolute Gasteiger partial charge is 0.118 e. The number of hydrogen-bond donors (Lipinski definition) is 3. The van der Waals surface area contributed by atoms with Gasteiger partial charge in [-0.3, -0.25) is 0 Å². The van der Waals surface area contributed by atoms with Crippen molar-refractivity contribution in [1.82, 2.24) is 10.2 Å². The van der Waals surface area contributed by atoms with Crippen molar-refractivity contribution in [1.29, 1.82) is 0 Å². The molecule has 122 valence electrons. The van der Waals surface area contributed by atoms with E-state index in [2.05, 4.69) is 10.2 Å². The van der Waals surface area contributed by atoms with Crippen LogP contribution >= 0.6 is 0 Å². The minimum absolute atomic E-state index is 0.154. The van der Waals surface area contributed by atoms with Crippen LogP contribution in [0.3, 0.4) is 0 Å². The van der Waals surface area contributed by atoms with Crippen molar-refractivity contribution in [2.75, 3.05) is 39.8 Å². The Kier molecular flexibility index (Phi) is 4.68. The van der Waals surface area contributed by atoms with Gasteiger partial charge in [-0.2, -0.15) is 0 Å². The van der Waals surface area contributed by atoms with E-state index in [1.165, 1.54) is 0 Å². The molecule has 2 heterocycles. The van der Waals surface area contributed by atoms with Gasteiger partial charge in [0.15, 0.2) is 0 Å². The highest BCUT2D eigenvalue weighted by Crippen LogP contribution is 2.34. The summed E-state index contributed by atoms with van der Waals surface area (Å²) in [5.41, 5.74) is 0.114. The summed E-state index contributed by atoms with van der Waals surface area (Å²) >= 11 is 0. The van der Waals surface area contributed by atoms with E-state index in [9.17, 15) is 10.2 Å². The second kappa shape index (κ2) is 6.54. The molecule has 2 aliphatic heterocycles. The molecule has 5 nitrogen and oxygen atoms in total. The first-order chi connectivity index (χ1) is 10.6. The zero-order valence-electron chi connectivity index (χ0n) is 13.2. The van der Waals surface area contributed by atoms with Crippen LogP contribution in [0.2, 0.25) is 0 Å². The molecule has 0 amide bonds. The average molecular weight is 306 g/mol. The number of hydrogen-bond acceptors (Lipinski definition) is 5. The molecular formula is C17H26N2O3. The zero-order chi connectivity index (χ0) is 15.6. The van der Waals surface area contributed by atoms with Gasteiger partial charge >= 0.3 is 0 Å². The predicted molar refractivity (Wildman–Crippen MR) is 84.9 cm³/mol. The number of piperidine rings is 1. The summed E-state index contributed by atoms with van der Waals surface area (Å²) in [5, 5.41) is 24.1. The van der Waals surface area contributed by atoms with Crippen LogP contribution in [0.25, 0.3) is 0 Å². The number of β-amino-alcohol motifs (C(OH)–C–C–N with tert-alkyl or cyclic N) is 1. The first-order valence-corrected chi connectivity index (χ1v) is 8.10. The highest BCUT2D eigenvalue weighted by atomic mass is 16.5. The lowest BCUT2D eigenvalue weighted by atomic mass is 9.83. The first-order valence-electron chi connectivity index (χ1n) is 8.10. The Morgan fingerprint density at radius 3 is 2.59 bits per heavy atom. The molecule has 0 saturated carbocycles. The van der Waals surface area contributed by atoms with Crippen molar-refractivity contribution >= 4 is 0 Å². The number of benzene rings is 1. The Morgan fingerprint density at radius 2 is 1.95 bits per heavy atom. The van der Waals surface area contributed by atoms with Gasteiger partial charge in [-0.1, -0.05) is 12.1 Å². The molecule has 0 bridgehead atoms. The molecule has 0 spiro atoms. The quantitative estimate of drug-likeness (QED) is 0.758. The second-order valence-electron chi connectivity index (χ2n) is 6.51. The second-order valence-corrected chi connectivity index (χ2v) is 6.51. The van der Waals surface area contributed by atoms with Gasteiger partial charge in [0.05, 0.1) is 13.2 Å². The summed E-state index contributed by atoms with van der Waals surface area (Å²) in [6, 6.07) is 7.72. The van der Waals surface area contributed by atoms with Gasteiger partial charge in [-0.05, 0) is 30.5 Å². The third-order valence-electron chi connectivity index (χ3n) is 5.09. The number of methoxy groups -OCH3 is 1. The Balaban J connectivity index is 1.70. The highest BCUT2D eigenvalue weighted by Gasteiger charge is 2.43. The van der Waals surface area contributed by atoms with Crippen molar-refractivity contribution < 1.29 is 14.9 Å². The minimum atomic E-state index is -0.831. The lowest BCUT2D eigenvalue weighted by Crippen LogP contribution is -2.45. The van der Waals surface area contributed by atoms with E-state index in [4.69, 9.17) is 4.74 Å². The van der Waals surface area contributed by atoms with Crippen LogP contribution in [0.4, 0.5) is 0 Å². The van der Waals surface area contributed by atoms with Gasteiger partial charge in [0, 0.05) is 38.6 Å². The molecule has 2 atom stereocenters. The van der Waals surface area contributed by atoms with E-state index in [1.54, 1.807) is 7.11 Å².